The molecule has 0 aromatic carbocycles. The third-order valence-electron chi connectivity index (χ3n) is 4.01. The molecule has 1 aliphatic heterocycles. The van der Waals surface area contributed by atoms with Crippen molar-refractivity contribution in [1.29, 1.82) is 0 Å². The van der Waals surface area contributed by atoms with E-state index in [1.54, 1.807) is 11.3 Å². The Kier molecular flexibility index (Phi) is 6.64. The number of rotatable bonds is 7. The van der Waals surface area contributed by atoms with E-state index in [1.807, 2.05) is 17.3 Å². The molecule has 0 atom stereocenters. The maximum atomic E-state index is 12.1. The van der Waals surface area contributed by atoms with Crippen LogP contribution in [0.25, 0.3) is 0 Å². The number of likely N-dealkylation sites (N-methyl/N-ethyl adjacent to an activating group) is 1. The number of thiazole rings is 1. The highest BCUT2D eigenvalue weighted by atomic mass is 32.1. The summed E-state index contributed by atoms with van der Waals surface area (Å²) in [6, 6.07) is 0. The van der Waals surface area contributed by atoms with E-state index in [9.17, 15) is 4.79 Å². The number of hydrogen-bond acceptors (Lipinski definition) is 4. The van der Waals surface area contributed by atoms with E-state index in [-0.39, 0.29) is 5.91 Å². The number of amides is 1. The van der Waals surface area contributed by atoms with Crippen molar-refractivity contribution in [3.8, 4) is 0 Å². The van der Waals surface area contributed by atoms with Gasteiger partial charge in [-0.25, -0.2) is 4.98 Å². The molecule has 1 aromatic rings. The third-order valence-corrected chi connectivity index (χ3v) is 4.89. The van der Waals surface area contributed by atoms with Gasteiger partial charge in [-0.15, -0.1) is 11.3 Å². The molecular formula is C16H27N3OS. The fourth-order valence-corrected chi connectivity index (χ4v) is 3.46. The average Bonchev–Trinajstić information content (AvgIpc) is 2.92. The van der Waals surface area contributed by atoms with E-state index in [0.717, 1.165) is 36.6 Å². The highest BCUT2D eigenvalue weighted by Gasteiger charge is 2.15. The Morgan fingerprint density at radius 1 is 1.38 bits per heavy atom. The van der Waals surface area contributed by atoms with Crippen LogP contribution in [-0.2, 0) is 17.8 Å². The van der Waals surface area contributed by atoms with Gasteiger partial charge < -0.3 is 4.90 Å². The van der Waals surface area contributed by atoms with Crippen molar-refractivity contribution in [2.24, 2.45) is 0 Å². The lowest BCUT2D eigenvalue weighted by Gasteiger charge is -2.25. The van der Waals surface area contributed by atoms with Gasteiger partial charge in [-0.1, -0.05) is 19.8 Å². The summed E-state index contributed by atoms with van der Waals surface area (Å²) in [5, 5.41) is 3.20. The molecular weight excluding hydrogens is 282 g/mol. The van der Waals surface area contributed by atoms with Gasteiger partial charge in [0.1, 0.15) is 5.01 Å². The van der Waals surface area contributed by atoms with Gasteiger partial charge in [0.05, 0.1) is 18.7 Å². The highest BCUT2D eigenvalue weighted by molar-refractivity contribution is 7.09. The predicted molar refractivity (Wildman–Crippen MR) is 87.5 cm³/mol. The molecule has 1 aromatic heterocycles. The van der Waals surface area contributed by atoms with Crippen LogP contribution in [-0.4, -0.2) is 47.4 Å². The van der Waals surface area contributed by atoms with Crippen LogP contribution in [0.15, 0.2) is 5.38 Å². The number of likely N-dealkylation sites (tertiary alicyclic amines) is 1. The first kappa shape index (κ1) is 16.4. The van der Waals surface area contributed by atoms with E-state index < -0.39 is 0 Å². The summed E-state index contributed by atoms with van der Waals surface area (Å²) in [6.45, 7) is 6.32. The second-order valence-corrected chi connectivity index (χ2v) is 6.86. The lowest BCUT2D eigenvalue weighted by atomic mass is 10.1. The zero-order valence-corrected chi connectivity index (χ0v) is 14.1. The summed E-state index contributed by atoms with van der Waals surface area (Å²) in [7, 11) is 1.89. The molecule has 1 aliphatic rings. The fraction of sp³-hybridized carbons (Fsp3) is 0.750. The van der Waals surface area contributed by atoms with Gasteiger partial charge in [0, 0.05) is 19.0 Å². The number of carbonyl (C=O) groups excluding carboxylic acids is 1. The monoisotopic (exact) mass is 309 g/mol. The van der Waals surface area contributed by atoms with Crippen LogP contribution in [0.3, 0.4) is 0 Å². The summed E-state index contributed by atoms with van der Waals surface area (Å²) in [4.78, 5) is 21.0. The molecule has 0 spiro atoms. The Bertz CT molecular complexity index is 440. The smallest absolute Gasteiger partial charge is 0.228 e. The summed E-state index contributed by atoms with van der Waals surface area (Å²) in [5.74, 6) is 0.179. The van der Waals surface area contributed by atoms with Crippen molar-refractivity contribution in [3.63, 3.8) is 0 Å². The molecule has 5 heteroatoms. The van der Waals surface area contributed by atoms with E-state index in [1.165, 1.54) is 32.4 Å². The number of aromatic nitrogens is 1. The molecule has 4 nitrogen and oxygen atoms in total. The Labute approximate surface area is 132 Å². The molecule has 0 bridgehead atoms. The zero-order chi connectivity index (χ0) is 15.1. The predicted octanol–water partition coefficient (Wildman–Crippen LogP) is 2.93. The second kappa shape index (κ2) is 8.49. The minimum Gasteiger partial charge on any atom is -0.345 e. The van der Waals surface area contributed by atoms with Crippen LogP contribution in [0.1, 0.15) is 49.7 Å². The summed E-state index contributed by atoms with van der Waals surface area (Å²) >= 11 is 1.69. The molecule has 21 heavy (non-hydrogen) atoms. The quantitative estimate of drug-likeness (QED) is 0.777. The van der Waals surface area contributed by atoms with Gasteiger partial charge in [0.15, 0.2) is 0 Å². The van der Waals surface area contributed by atoms with Crippen molar-refractivity contribution >= 4 is 17.2 Å². The topological polar surface area (TPSA) is 36.4 Å². The van der Waals surface area contributed by atoms with Gasteiger partial charge in [-0.2, -0.15) is 0 Å². The normalized spacial score (nSPS) is 16.1. The first-order valence-electron chi connectivity index (χ1n) is 8.08. The van der Waals surface area contributed by atoms with Crippen molar-refractivity contribution in [2.45, 2.75) is 52.0 Å². The first-order chi connectivity index (χ1) is 10.2. The van der Waals surface area contributed by atoms with Crippen molar-refractivity contribution in [2.75, 3.05) is 26.7 Å². The number of unbranched alkanes of at least 4 members (excludes halogenated alkanes) is 1. The number of carbonyl (C=O) groups is 1. The number of nitrogens with zero attached hydrogens (tertiary/aromatic N) is 3. The van der Waals surface area contributed by atoms with E-state index in [0.29, 0.717) is 6.42 Å². The zero-order valence-electron chi connectivity index (χ0n) is 13.3. The van der Waals surface area contributed by atoms with Crippen molar-refractivity contribution in [1.82, 2.24) is 14.8 Å². The Morgan fingerprint density at radius 3 is 2.86 bits per heavy atom. The largest absolute Gasteiger partial charge is 0.345 e. The van der Waals surface area contributed by atoms with Gasteiger partial charge in [0.25, 0.3) is 0 Å². The summed E-state index contributed by atoms with van der Waals surface area (Å²) < 4.78 is 0. The molecule has 0 N–H and O–H groups in total. The third kappa shape index (κ3) is 5.40. The number of hydrogen-bond donors (Lipinski definition) is 0. The van der Waals surface area contributed by atoms with E-state index in [2.05, 4.69) is 16.8 Å². The molecule has 118 valence electrons. The molecule has 0 aliphatic carbocycles. The molecule has 1 fully saturated rings. The lowest BCUT2D eigenvalue weighted by Crippen LogP contribution is -2.29. The maximum absolute atomic E-state index is 12.1. The minimum absolute atomic E-state index is 0.179. The fourth-order valence-electron chi connectivity index (χ4n) is 2.62. The van der Waals surface area contributed by atoms with E-state index in [4.69, 9.17) is 0 Å². The molecule has 1 saturated heterocycles. The molecule has 0 radical (unpaired) electrons. The summed E-state index contributed by atoms with van der Waals surface area (Å²) in [6.07, 6.45) is 6.60. The first-order valence-corrected chi connectivity index (χ1v) is 8.96. The highest BCUT2D eigenvalue weighted by Crippen LogP contribution is 2.17. The van der Waals surface area contributed by atoms with Crippen LogP contribution >= 0.6 is 11.3 Å². The number of piperidine rings is 1. The van der Waals surface area contributed by atoms with Gasteiger partial charge >= 0.3 is 0 Å². The average molecular weight is 309 g/mol. The van der Waals surface area contributed by atoms with Gasteiger partial charge in [-0.3, -0.25) is 9.69 Å². The SMILES string of the molecule is CCCCN(C)C(=O)Cc1csc(CN2CCCCC2)n1. The van der Waals surface area contributed by atoms with Gasteiger partial charge in [-0.05, 0) is 32.4 Å². The van der Waals surface area contributed by atoms with E-state index >= 15 is 0 Å². The molecule has 1 amide bonds. The Hall–Kier alpha value is -0.940. The van der Waals surface area contributed by atoms with Crippen LogP contribution in [0.5, 0.6) is 0 Å². The van der Waals surface area contributed by atoms with Crippen LogP contribution < -0.4 is 0 Å². The molecule has 0 unspecified atom stereocenters. The molecule has 2 heterocycles. The second-order valence-electron chi connectivity index (χ2n) is 5.92. The van der Waals surface area contributed by atoms with Crippen LogP contribution in [0.4, 0.5) is 0 Å². The van der Waals surface area contributed by atoms with Crippen LogP contribution in [0, 0.1) is 0 Å². The van der Waals surface area contributed by atoms with Crippen molar-refractivity contribution in [3.05, 3.63) is 16.1 Å². The van der Waals surface area contributed by atoms with Gasteiger partial charge in [0.2, 0.25) is 5.91 Å². The molecule has 0 saturated carbocycles. The Balaban J connectivity index is 1.80. The standard InChI is InChI=1S/C16H27N3OS/c1-3-4-8-18(2)16(20)11-14-13-21-15(17-14)12-19-9-6-5-7-10-19/h13H,3-12H2,1-2H3. The molecule has 2 rings (SSSR count). The minimum atomic E-state index is 0.179. The van der Waals surface area contributed by atoms with Crippen LogP contribution in [0.2, 0.25) is 0 Å². The van der Waals surface area contributed by atoms with Crippen molar-refractivity contribution < 1.29 is 4.79 Å². The Morgan fingerprint density at radius 2 is 2.14 bits per heavy atom. The lowest BCUT2D eigenvalue weighted by molar-refractivity contribution is -0.129. The maximum Gasteiger partial charge on any atom is 0.228 e. The summed E-state index contributed by atoms with van der Waals surface area (Å²) in [5.41, 5.74) is 0.931.